The number of ether oxygens (including phenoxy) is 2. The molecule has 0 spiro atoms. The van der Waals surface area contributed by atoms with Crippen molar-refractivity contribution in [2.75, 3.05) is 31.6 Å². The van der Waals surface area contributed by atoms with Gasteiger partial charge in [-0.1, -0.05) is 0 Å². The van der Waals surface area contributed by atoms with Crippen molar-refractivity contribution in [2.24, 2.45) is 0 Å². The van der Waals surface area contributed by atoms with Gasteiger partial charge < -0.3 is 19.2 Å². The third-order valence-electron chi connectivity index (χ3n) is 4.80. The van der Waals surface area contributed by atoms with E-state index in [9.17, 15) is 13.2 Å². The van der Waals surface area contributed by atoms with E-state index in [0.717, 1.165) is 3.57 Å². The highest BCUT2D eigenvalue weighted by Crippen LogP contribution is 2.21. The molecule has 8 nitrogen and oxygen atoms in total. The van der Waals surface area contributed by atoms with Gasteiger partial charge in [-0.15, -0.1) is 0 Å². The summed E-state index contributed by atoms with van der Waals surface area (Å²) in [6.07, 6.45) is 0. The number of nitrogens with one attached hydrogen (secondary N) is 1. The lowest BCUT2D eigenvalue weighted by Gasteiger charge is -2.26. The van der Waals surface area contributed by atoms with E-state index in [2.05, 4.69) is 27.9 Å². The summed E-state index contributed by atoms with van der Waals surface area (Å²) in [6, 6.07) is 16.9. The Bertz CT molecular complexity index is 1170. The Hall–Kier alpha value is -2.41. The monoisotopic (exact) mass is 568 g/mol. The number of sulfonamides is 1. The Labute approximate surface area is 199 Å². The van der Waals surface area contributed by atoms with Crippen LogP contribution in [0, 0.1) is 3.57 Å². The first-order chi connectivity index (χ1) is 15.4. The summed E-state index contributed by atoms with van der Waals surface area (Å²) in [5.41, 5.74) is 0.462. The Balaban J connectivity index is 1.35. The lowest BCUT2D eigenvalue weighted by molar-refractivity contribution is 0.0730. The Morgan fingerprint density at radius 2 is 1.69 bits per heavy atom. The topological polar surface area (TPSA) is 98.1 Å². The maximum Gasteiger partial charge on any atom is 0.291 e. The Morgan fingerprint density at radius 1 is 1.00 bits per heavy atom. The maximum atomic E-state index is 12.7. The van der Waals surface area contributed by atoms with E-state index in [1.165, 1.54) is 16.4 Å². The van der Waals surface area contributed by atoms with Crippen LogP contribution in [-0.4, -0.2) is 44.9 Å². The highest BCUT2D eigenvalue weighted by atomic mass is 127. The van der Waals surface area contributed by atoms with Gasteiger partial charge in [-0.2, -0.15) is 4.31 Å². The molecular weight excluding hydrogens is 547 g/mol. The smallest absolute Gasteiger partial charge is 0.291 e. The Morgan fingerprint density at radius 3 is 2.38 bits per heavy atom. The minimum Gasteiger partial charge on any atom is -0.486 e. The maximum absolute atomic E-state index is 12.7. The number of nitrogens with zero attached hydrogens (tertiary/aromatic N) is 1. The lowest BCUT2D eigenvalue weighted by Crippen LogP contribution is -2.40. The lowest BCUT2D eigenvalue weighted by atomic mass is 10.3. The van der Waals surface area contributed by atoms with E-state index in [1.54, 1.807) is 24.3 Å². The molecule has 2 heterocycles. The molecule has 32 heavy (non-hydrogen) atoms. The number of halogens is 1. The van der Waals surface area contributed by atoms with Gasteiger partial charge in [-0.05, 0) is 83.3 Å². The molecule has 2 aromatic carbocycles. The Kier molecular flexibility index (Phi) is 7.13. The SMILES string of the molecule is O=C(Nc1ccc(S(=O)(=O)N2CCOCC2)cc1)c1ccc(COc2ccc(I)cc2)o1. The molecule has 1 fully saturated rings. The van der Waals surface area contributed by atoms with Gasteiger partial charge in [0.05, 0.1) is 18.1 Å². The predicted octanol–water partition coefficient (Wildman–Crippen LogP) is 3.74. The number of amides is 1. The molecule has 1 N–H and O–H groups in total. The van der Waals surface area contributed by atoms with Crippen molar-refractivity contribution in [1.82, 2.24) is 4.31 Å². The summed E-state index contributed by atoms with van der Waals surface area (Å²) in [5.74, 6) is 0.922. The molecule has 0 bridgehead atoms. The van der Waals surface area contributed by atoms with E-state index in [4.69, 9.17) is 13.9 Å². The second-order valence-electron chi connectivity index (χ2n) is 7.00. The van der Waals surface area contributed by atoms with E-state index in [-0.39, 0.29) is 17.3 Å². The number of morpholine rings is 1. The molecule has 168 valence electrons. The molecule has 1 aromatic heterocycles. The van der Waals surface area contributed by atoms with Crippen molar-refractivity contribution in [3.05, 3.63) is 75.8 Å². The highest BCUT2D eigenvalue weighted by Gasteiger charge is 2.26. The van der Waals surface area contributed by atoms with Crippen LogP contribution in [0.3, 0.4) is 0 Å². The van der Waals surface area contributed by atoms with Crippen LogP contribution in [0.25, 0.3) is 0 Å². The van der Waals surface area contributed by atoms with Crippen LogP contribution >= 0.6 is 22.6 Å². The number of anilines is 1. The van der Waals surface area contributed by atoms with E-state index in [1.807, 2.05) is 24.3 Å². The predicted molar refractivity (Wildman–Crippen MR) is 126 cm³/mol. The number of rotatable bonds is 7. The van der Waals surface area contributed by atoms with Gasteiger partial charge >= 0.3 is 0 Å². The quantitative estimate of drug-likeness (QED) is 0.437. The average Bonchev–Trinajstić information content (AvgIpc) is 3.29. The molecule has 0 atom stereocenters. The number of carbonyl (C=O) groups is 1. The van der Waals surface area contributed by atoms with Gasteiger partial charge in [0.1, 0.15) is 18.1 Å². The van der Waals surface area contributed by atoms with Crippen LogP contribution in [0.1, 0.15) is 16.3 Å². The minimum atomic E-state index is -3.58. The van der Waals surface area contributed by atoms with Gasteiger partial charge in [-0.25, -0.2) is 8.42 Å². The molecule has 1 amide bonds. The van der Waals surface area contributed by atoms with Crippen LogP contribution < -0.4 is 10.1 Å². The second kappa shape index (κ2) is 10.0. The molecule has 0 aliphatic carbocycles. The van der Waals surface area contributed by atoms with E-state index in [0.29, 0.717) is 43.5 Å². The first-order valence-electron chi connectivity index (χ1n) is 9.88. The molecular formula is C22H21IN2O6S. The van der Waals surface area contributed by atoms with Crippen molar-refractivity contribution in [3.63, 3.8) is 0 Å². The van der Waals surface area contributed by atoms with Crippen LogP contribution in [0.15, 0.2) is 70.0 Å². The van der Waals surface area contributed by atoms with Gasteiger partial charge in [0.25, 0.3) is 5.91 Å². The number of benzene rings is 2. The molecule has 1 aliphatic rings. The summed E-state index contributed by atoms with van der Waals surface area (Å²) < 4.78 is 44.3. The first kappa shape index (κ1) is 22.8. The summed E-state index contributed by atoms with van der Waals surface area (Å²) in [4.78, 5) is 12.7. The normalized spacial score (nSPS) is 14.8. The summed E-state index contributed by atoms with van der Waals surface area (Å²) in [7, 11) is -3.58. The van der Waals surface area contributed by atoms with E-state index >= 15 is 0 Å². The second-order valence-corrected chi connectivity index (χ2v) is 10.2. The van der Waals surface area contributed by atoms with Crippen LogP contribution in [-0.2, 0) is 21.4 Å². The van der Waals surface area contributed by atoms with Gasteiger partial charge in [0, 0.05) is 22.3 Å². The number of furan rings is 1. The molecule has 1 saturated heterocycles. The van der Waals surface area contributed by atoms with E-state index < -0.39 is 15.9 Å². The molecule has 0 radical (unpaired) electrons. The van der Waals surface area contributed by atoms with Crippen molar-refractivity contribution in [2.45, 2.75) is 11.5 Å². The molecule has 1 aliphatic heterocycles. The third kappa shape index (κ3) is 5.49. The van der Waals surface area contributed by atoms with Gasteiger partial charge in [-0.3, -0.25) is 4.79 Å². The fraction of sp³-hybridized carbons (Fsp3) is 0.227. The summed E-state index contributed by atoms with van der Waals surface area (Å²) in [6.45, 7) is 1.62. The number of carbonyl (C=O) groups excluding carboxylic acids is 1. The zero-order valence-corrected chi connectivity index (χ0v) is 20.0. The standard InChI is InChI=1S/C22H21IN2O6S/c23-16-1-5-18(6-2-16)30-15-19-7-10-21(31-19)22(26)24-17-3-8-20(9-4-17)32(27,28)25-11-13-29-14-12-25/h1-10H,11-15H2,(H,24,26). The van der Waals surface area contributed by atoms with Gasteiger partial charge in [0.2, 0.25) is 10.0 Å². The van der Waals surface area contributed by atoms with Crippen molar-refractivity contribution in [1.29, 1.82) is 0 Å². The largest absolute Gasteiger partial charge is 0.486 e. The first-order valence-corrected chi connectivity index (χ1v) is 12.4. The minimum absolute atomic E-state index is 0.135. The fourth-order valence-corrected chi connectivity index (χ4v) is 4.87. The third-order valence-corrected chi connectivity index (χ3v) is 7.43. The molecule has 0 unspecified atom stereocenters. The van der Waals surface area contributed by atoms with Crippen LogP contribution in [0.2, 0.25) is 0 Å². The number of hydrogen-bond donors (Lipinski definition) is 1. The fourth-order valence-electron chi connectivity index (χ4n) is 3.10. The molecule has 3 aromatic rings. The van der Waals surface area contributed by atoms with Gasteiger partial charge in [0.15, 0.2) is 5.76 Å². The summed E-state index contributed by atoms with van der Waals surface area (Å²) >= 11 is 2.22. The van der Waals surface area contributed by atoms with Crippen molar-refractivity contribution >= 4 is 44.2 Å². The molecule has 0 saturated carbocycles. The number of hydrogen-bond acceptors (Lipinski definition) is 6. The van der Waals surface area contributed by atoms with Crippen molar-refractivity contribution < 1.29 is 27.1 Å². The zero-order chi connectivity index (χ0) is 22.6. The average molecular weight is 568 g/mol. The summed E-state index contributed by atoms with van der Waals surface area (Å²) in [5, 5.41) is 2.71. The zero-order valence-electron chi connectivity index (χ0n) is 17.0. The van der Waals surface area contributed by atoms with Crippen LogP contribution in [0.5, 0.6) is 5.75 Å². The molecule has 10 heteroatoms. The van der Waals surface area contributed by atoms with Crippen molar-refractivity contribution in [3.8, 4) is 5.75 Å². The highest BCUT2D eigenvalue weighted by molar-refractivity contribution is 14.1. The van der Waals surface area contributed by atoms with Crippen LogP contribution in [0.4, 0.5) is 5.69 Å². The molecule has 4 rings (SSSR count).